The number of hydrogen-bond acceptors (Lipinski definition) is 3. The Balaban J connectivity index is 3.01. The second-order valence-corrected chi connectivity index (χ2v) is 5.21. The van der Waals surface area contributed by atoms with Crippen LogP contribution in [-0.4, -0.2) is 36.9 Å². The first-order chi connectivity index (χ1) is 9.36. The molecule has 0 unspecified atom stereocenters. The van der Waals surface area contributed by atoms with Crippen molar-refractivity contribution in [2.45, 2.75) is 25.8 Å². The molecule has 0 aliphatic carbocycles. The van der Waals surface area contributed by atoms with Crippen LogP contribution >= 0.6 is 11.6 Å². The SMILES string of the molecule is CCC[C@H](N)C(=O)Nc1cc(Cl)ccc1C(=O)N(C)C. The fraction of sp³-hybridized carbons (Fsp3) is 0.429. The van der Waals surface area contributed by atoms with Gasteiger partial charge >= 0.3 is 0 Å². The molecule has 1 atom stereocenters. The van der Waals surface area contributed by atoms with Crippen LogP contribution in [0, 0.1) is 0 Å². The van der Waals surface area contributed by atoms with Crippen molar-refractivity contribution in [2.24, 2.45) is 5.73 Å². The fourth-order valence-corrected chi connectivity index (χ4v) is 1.89. The van der Waals surface area contributed by atoms with E-state index in [4.69, 9.17) is 17.3 Å². The zero-order valence-corrected chi connectivity index (χ0v) is 12.7. The average Bonchev–Trinajstić information content (AvgIpc) is 2.38. The first kappa shape index (κ1) is 16.5. The molecule has 0 fully saturated rings. The second kappa shape index (κ2) is 7.26. The molecule has 1 rings (SSSR count). The van der Waals surface area contributed by atoms with Crippen molar-refractivity contribution in [3.8, 4) is 0 Å². The summed E-state index contributed by atoms with van der Waals surface area (Å²) in [4.78, 5) is 25.4. The smallest absolute Gasteiger partial charge is 0.255 e. The maximum Gasteiger partial charge on any atom is 0.255 e. The fourth-order valence-electron chi connectivity index (χ4n) is 1.71. The van der Waals surface area contributed by atoms with Gasteiger partial charge in [-0.15, -0.1) is 0 Å². The average molecular weight is 298 g/mol. The number of anilines is 1. The summed E-state index contributed by atoms with van der Waals surface area (Å²) in [6, 6.07) is 4.15. The van der Waals surface area contributed by atoms with E-state index < -0.39 is 6.04 Å². The van der Waals surface area contributed by atoms with Crippen molar-refractivity contribution in [1.29, 1.82) is 0 Å². The van der Waals surface area contributed by atoms with Crippen LogP contribution in [0.2, 0.25) is 5.02 Å². The van der Waals surface area contributed by atoms with Crippen molar-refractivity contribution < 1.29 is 9.59 Å². The Kier molecular flexibility index (Phi) is 5.98. The van der Waals surface area contributed by atoms with Crippen molar-refractivity contribution in [1.82, 2.24) is 4.90 Å². The number of benzene rings is 1. The molecule has 0 aromatic heterocycles. The van der Waals surface area contributed by atoms with Crippen molar-refractivity contribution in [3.05, 3.63) is 28.8 Å². The molecule has 0 saturated heterocycles. The molecule has 0 aliphatic heterocycles. The molecule has 1 aromatic carbocycles. The number of hydrogen-bond donors (Lipinski definition) is 2. The number of nitrogens with one attached hydrogen (secondary N) is 1. The summed E-state index contributed by atoms with van der Waals surface area (Å²) < 4.78 is 0. The van der Waals surface area contributed by atoms with Crippen LogP contribution in [0.5, 0.6) is 0 Å². The van der Waals surface area contributed by atoms with Crippen molar-refractivity contribution in [2.75, 3.05) is 19.4 Å². The lowest BCUT2D eigenvalue weighted by atomic mass is 10.1. The Labute approximate surface area is 124 Å². The Morgan fingerprint density at radius 1 is 1.40 bits per heavy atom. The minimum absolute atomic E-state index is 0.207. The van der Waals surface area contributed by atoms with Gasteiger partial charge in [-0.1, -0.05) is 24.9 Å². The maximum atomic E-state index is 12.1. The third-order valence-corrected chi connectivity index (χ3v) is 3.05. The van der Waals surface area contributed by atoms with Crippen LogP contribution < -0.4 is 11.1 Å². The highest BCUT2D eigenvalue weighted by Gasteiger charge is 2.18. The van der Waals surface area contributed by atoms with Gasteiger partial charge in [0.2, 0.25) is 5.91 Å². The highest BCUT2D eigenvalue weighted by atomic mass is 35.5. The highest BCUT2D eigenvalue weighted by Crippen LogP contribution is 2.22. The van der Waals surface area contributed by atoms with E-state index in [2.05, 4.69) is 5.32 Å². The zero-order valence-electron chi connectivity index (χ0n) is 11.9. The van der Waals surface area contributed by atoms with Gasteiger partial charge in [0.25, 0.3) is 5.91 Å². The first-order valence-electron chi connectivity index (χ1n) is 6.44. The topological polar surface area (TPSA) is 75.4 Å². The molecule has 0 heterocycles. The molecular weight excluding hydrogens is 278 g/mol. The number of carbonyl (C=O) groups excluding carboxylic acids is 2. The number of halogens is 1. The van der Waals surface area contributed by atoms with Crippen molar-refractivity contribution >= 4 is 29.1 Å². The second-order valence-electron chi connectivity index (χ2n) is 4.77. The number of rotatable bonds is 5. The van der Waals surface area contributed by atoms with E-state index in [1.807, 2.05) is 6.92 Å². The predicted molar refractivity (Wildman–Crippen MR) is 81.0 cm³/mol. The lowest BCUT2D eigenvalue weighted by Crippen LogP contribution is -2.36. The summed E-state index contributed by atoms with van der Waals surface area (Å²) in [6.07, 6.45) is 1.40. The quantitative estimate of drug-likeness (QED) is 0.874. The highest BCUT2D eigenvalue weighted by molar-refractivity contribution is 6.31. The number of nitrogens with zero attached hydrogens (tertiary/aromatic N) is 1. The lowest BCUT2D eigenvalue weighted by molar-refractivity contribution is -0.117. The van der Waals surface area contributed by atoms with E-state index >= 15 is 0 Å². The van der Waals surface area contributed by atoms with Gasteiger partial charge in [-0.3, -0.25) is 9.59 Å². The van der Waals surface area contributed by atoms with E-state index in [0.717, 1.165) is 6.42 Å². The van der Waals surface area contributed by atoms with Gasteiger partial charge < -0.3 is 16.0 Å². The van der Waals surface area contributed by atoms with Crippen LogP contribution in [0.1, 0.15) is 30.1 Å². The molecule has 110 valence electrons. The largest absolute Gasteiger partial charge is 0.345 e. The molecule has 20 heavy (non-hydrogen) atoms. The normalized spacial score (nSPS) is 11.8. The minimum atomic E-state index is -0.596. The molecule has 0 aliphatic rings. The van der Waals surface area contributed by atoms with Gasteiger partial charge in [0.1, 0.15) is 0 Å². The van der Waals surface area contributed by atoms with Gasteiger partial charge in [-0.25, -0.2) is 0 Å². The molecule has 2 amide bonds. The third-order valence-electron chi connectivity index (χ3n) is 2.81. The Hall–Kier alpha value is -1.59. The summed E-state index contributed by atoms with van der Waals surface area (Å²) >= 11 is 5.92. The molecule has 0 radical (unpaired) electrons. The Morgan fingerprint density at radius 2 is 2.05 bits per heavy atom. The van der Waals surface area contributed by atoms with Gasteiger partial charge in [0.05, 0.1) is 17.3 Å². The Bertz CT molecular complexity index is 503. The summed E-state index contributed by atoms with van der Waals surface area (Å²) in [5.41, 5.74) is 6.53. The minimum Gasteiger partial charge on any atom is -0.345 e. The van der Waals surface area contributed by atoms with E-state index in [1.165, 1.54) is 4.90 Å². The van der Waals surface area contributed by atoms with Crippen LogP contribution in [0.4, 0.5) is 5.69 Å². The monoisotopic (exact) mass is 297 g/mol. The molecule has 3 N–H and O–H groups in total. The molecule has 1 aromatic rings. The molecule has 6 heteroatoms. The predicted octanol–water partition coefficient (Wildman–Crippen LogP) is 2.11. The van der Waals surface area contributed by atoms with Gasteiger partial charge in [0.15, 0.2) is 0 Å². The van der Waals surface area contributed by atoms with E-state index in [0.29, 0.717) is 22.7 Å². The van der Waals surface area contributed by atoms with Crippen LogP contribution in [0.3, 0.4) is 0 Å². The standard InChI is InChI=1S/C14H20ClN3O2/c1-4-5-11(16)13(19)17-12-8-9(15)6-7-10(12)14(20)18(2)3/h6-8,11H,4-5,16H2,1-3H3,(H,17,19)/t11-/m0/s1. The molecule has 0 bridgehead atoms. The summed E-state index contributed by atoms with van der Waals surface area (Å²) in [5, 5.41) is 3.12. The first-order valence-corrected chi connectivity index (χ1v) is 6.82. The van der Waals surface area contributed by atoms with Crippen LogP contribution in [0.25, 0.3) is 0 Å². The summed E-state index contributed by atoms with van der Waals surface area (Å²) in [5.74, 6) is -0.525. The van der Waals surface area contributed by atoms with E-state index in [9.17, 15) is 9.59 Å². The maximum absolute atomic E-state index is 12.1. The van der Waals surface area contributed by atoms with Gasteiger partial charge in [-0.2, -0.15) is 0 Å². The molecular formula is C14H20ClN3O2. The number of carbonyl (C=O) groups is 2. The van der Waals surface area contributed by atoms with E-state index in [-0.39, 0.29) is 11.8 Å². The molecule has 0 saturated carbocycles. The number of amides is 2. The third kappa shape index (κ3) is 4.21. The lowest BCUT2D eigenvalue weighted by Gasteiger charge is -2.17. The molecule has 5 nitrogen and oxygen atoms in total. The van der Waals surface area contributed by atoms with Crippen molar-refractivity contribution in [3.63, 3.8) is 0 Å². The molecule has 0 spiro atoms. The van der Waals surface area contributed by atoms with Crippen LogP contribution in [0.15, 0.2) is 18.2 Å². The summed E-state index contributed by atoms with van der Waals surface area (Å²) in [6.45, 7) is 1.95. The summed E-state index contributed by atoms with van der Waals surface area (Å²) in [7, 11) is 3.29. The van der Waals surface area contributed by atoms with E-state index in [1.54, 1.807) is 32.3 Å². The Morgan fingerprint density at radius 3 is 2.60 bits per heavy atom. The van der Waals surface area contributed by atoms with Gasteiger partial charge in [-0.05, 0) is 24.6 Å². The van der Waals surface area contributed by atoms with Gasteiger partial charge in [0, 0.05) is 19.1 Å². The zero-order chi connectivity index (χ0) is 15.3. The van der Waals surface area contributed by atoms with Crippen LogP contribution in [-0.2, 0) is 4.79 Å². The number of nitrogens with two attached hydrogens (primary N) is 1.